The van der Waals surface area contributed by atoms with Crippen LogP contribution in [0.15, 0.2) is 12.1 Å². The minimum absolute atomic E-state index is 0.0843. The van der Waals surface area contributed by atoms with Gasteiger partial charge in [-0.05, 0) is 43.9 Å². The van der Waals surface area contributed by atoms with Gasteiger partial charge >= 0.3 is 0 Å². The van der Waals surface area contributed by atoms with Gasteiger partial charge in [0.15, 0.2) is 0 Å². The summed E-state index contributed by atoms with van der Waals surface area (Å²) in [6.07, 6.45) is 5.54. The van der Waals surface area contributed by atoms with E-state index in [1.54, 1.807) is 6.07 Å². The van der Waals surface area contributed by atoms with Gasteiger partial charge in [0, 0.05) is 19.0 Å². The fourth-order valence-electron chi connectivity index (χ4n) is 3.24. The highest BCUT2D eigenvalue weighted by Gasteiger charge is 2.24. The number of carbonyl (C=O) groups excluding carboxylic acids is 1. The summed E-state index contributed by atoms with van der Waals surface area (Å²) in [5.41, 5.74) is 2.20. The zero-order chi connectivity index (χ0) is 17.9. The average Bonchev–Trinajstić information content (AvgIpc) is 2.92. The quantitative estimate of drug-likeness (QED) is 0.833. The van der Waals surface area contributed by atoms with Gasteiger partial charge in [-0.15, -0.1) is 0 Å². The molecular weight excluding hydrogens is 348 g/mol. The molecule has 5 nitrogen and oxygen atoms in total. The molecule has 0 bridgehead atoms. The second-order valence-corrected chi connectivity index (χ2v) is 8.86. The predicted octanol–water partition coefficient (Wildman–Crippen LogP) is 3.17. The molecule has 0 unspecified atom stereocenters. The molecule has 0 aliphatic heterocycles. The van der Waals surface area contributed by atoms with Crippen LogP contribution in [0.5, 0.6) is 0 Å². The first-order chi connectivity index (χ1) is 11.2. The van der Waals surface area contributed by atoms with E-state index in [9.17, 15) is 13.2 Å². The Morgan fingerprint density at radius 1 is 1.29 bits per heavy atom. The van der Waals surface area contributed by atoms with Gasteiger partial charge in [0.2, 0.25) is 15.9 Å². The van der Waals surface area contributed by atoms with Gasteiger partial charge in [-0.3, -0.25) is 9.10 Å². The van der Waals surface area contributed by atoms with Crippen LogP contribution in [0, 0.1) is 13.8 Å². The van der Waals surface area contributed by atoms with E-state index >= 15 is 0 Å². The Hall–Kier alpha value is -1.27. The van der Waals surface area contributed by atoms with Crippen molar-refractivity contribution in [2.45, 2.75) is 52.0 Å². The monoisotopic (exact) mass is 372 g/mol. The van der Waals surface area contributed by atoms with E-state index in [-0.39, 0.29) is 24.9 Å². The number of halogens is 1. The maximum absolute atomic E-state index is 12.2. The van der Waals surface area contributed by atoms with Crippen LogP contribution in [-0.4, -0.2) is 33.2 Å². The van der Waals surface area contributed by atoms with Crippen LogP contribution >= 0.6 is 11.6 Å². The largest absolute Gasteiger partial charge is 0.353 e. The van der Waals surface area contributed by atoms with Crippen molar-refractivity contribution >= 4 is 33.2 Å². The van der Waals surface area contributed by atoms with Crippen molar-refractivity contribution in [1.29, 1.82) is 0 Å². The van der Waals surface area contributed by atoms with Crippen LogP contribution in [0.4, 0.5) is 5.69 Å². The van der Waals surface area contributed by atoms with Crippen molar-refractivity contribution in [3.8, 4) is 0 Å². The van der Waals surface area contributed by atoms with E-state index in [0.29, 0.717) is 10.7 Å². The molecule has 24 heavy (non-hydrogen) atoms. The van der Waals surface area contributed by atoms with Gasteiger partial charge < -0.3 is 5.32 Å². The Labute approximate surface area is 149 Å². The summed E-state index contributed by atoms with van der Waals surface area (Å²) in [5.74, 6) is -0.114. The molecule has 1 fully saturated rings. The summed E-state index contributed by atoms with van der Waals surface area (Å²) in [5, 5.41) is 3.37. The van der Waals surface area contributed by atoms with Crippen LogP contribution in [0.3, 0.4) is 0 Å². The topological polar surface area (TPSA) is 66.5 Å². The Balaban J connectivity index is 2.14. The first kappa shape index (κ1) is 19.1. The lowest BCUT2D eigenvalue weighted by Gasteiger charge is -2.25. The molecule has 1 aliphatic carbocycles. The lowest BCUT2D eigenvalue weighted by Crippen LogP contribution is -2.38. The molecule has 0 saturated heterocycles. The van der Waals surface area contributed by atoms with Crippen LogP contribution in [0.2, 0.25) is 5.02 Å². The van der Waals surface area contributed by atoms with Crippen LogP contribution in [-0.2, 0) is 14.8 Å². The molecule has 0 aromatic heterocycles. The molecule has 1 aromatic carbocycles. The predicted molar refractivity (Wildman–Crippen MR) is 98.1 cm³/mol. The summed E-state index contributed by atoms with van der Waals surface area (Å²) < 4.78 is 25.7. The molecule has 1 amide bonds. The molecule has 1 aromatic rings. The van der Waals surface area contributed by atoms with Crippen molar-refractivity contribution in [3.63, 3.8) is 0 Å². The minimum Gasteiger partial charge on any atom is -0.353 e. The van der Waals surface area contributed by atoms with Crippen molar-refractivity contribution in [1.82, 2.24) is 5.32 Å². The molecule has 0 spiro atoms. The standard InChI is InChI=1S/C17H25ClN2O3S/c1-12-10-13(2)17(15(18)11-12)20(24(3,22)23)9-8-16(21)19-14-6-4-5-7-14/h10-11,14H,4-9H2,1-3H3,(H,19,21). The lowest BCUT2D eigenvalue weighted by molar-refractivity contribution is -0.121. The van der Waals surface area contributed by atoms with Crippen LogP contribution < -0.4 is 9.62 Å². The van der Waals surface area contributed by atoms with E-state index in [4.69, 9.17) is 11.6 Å². The third-order valence-corrected chi connectivity index (χ3v) is 5.76. The third-order valence-electron chi connectivity index (χ3n) is 4.31. The number of hydrogen-bond acceptors (Lipinski definition) is 3. The SMILES string of the molecule is Cc1cc(C)c(N(CCC(=O)NC2CCCC2)S(C)(=O)=O)c(Cl)c1. The number of sulfonamides is 1. The molecule has 7 heteroatoms. The van der Waals surface area contributed by atoms with Gasteiger partial charge in [-0.2, -0.15) is 0 Å². The van der Waals surface area contributed by atoms with Crippen LogP contribution in [0.1, 0.15) is 43.2 Å². The number of rotatable bonds is 6. The number of benzene rings is 1. The number of nitrogens with zero attached hydrogens (tertiary/aromatic N) is 1. The van der Waals surface area contributed by atoms with Gasteiger partial charge in [0.05, 0.1) is 17.0 Å². The Kier molecular flexibility index (Phi) is 6.15. The number of nitrogens with one attached hydrogen (secondary N) is 1. The molecule has 0 heterocycles. The minimum atomic E-state index is -3.53. The second-order valence-electron chi connectivity index (χ2n) is 6.55. The van der Waals surface area contributed by atoms with E-state index in [2.05, 4.69) is 5.32 Å². The van der Waals surface area contributed by atoms with Crippen molar-refractivity contribution in [2.75, 3.05) is 17.1 Å². The van der Waals surface area contributed by atoms with E-state index in [0.717, 1.165) is 43.1 Å². The fraction of sp³-hybridized carbons (Fsp3) is 0.588. The van der Waals surface area contributed by atoms with Crippen molar-refractivity contribution in [2.24, 2.45) is 0 Å². The molecule has 0 atom stereocenters. The Bertz CT molecular complexity index is 690. The summed E-state index contributed by atoms with van der Waals surface area (Å²) in [7, 11) is -3.53. The Morgan fingerprint density at radius 3 is 2.46 bits per heavy atom. The van der Waals surface area contributed by atoms with E-state index in [1.807, 2.05) is 19.9 Å². The zero-order valence-corrected chi connectivity index (χ0v) is 16.0. The highest BCUT2D eigenvalue weighted by atomic mass is 35.5. The fourth-order valence-corrected chi connectivity index (χ4v) is 4.71. The van der Waals surface area contributed by atoms with E-state index in [1.165, 1.54) is 4.31 Å². The average molecular weight is 373 g/mol. The number of anilines is 1. The summed E-state index contributed by atoms with van der Waals surface area (Å²) in [6, 6.07) is 3.85. The molecule has 1 aliphatic rings. The number of carbonyl (C=O) groups is 1. The number of hydrogen-bond donors (Lipinski definition) is 1. The van der Waals surface area contributed by atoms with Crippen molar-refractivity contribution in [3.05, 3.63) is 28.3 Å². The third kappa shape index (κ3) is 4.86. The zero-order valence-electron chi connectivity index (χ0n) is 14.4. The van der Waals surface area contributed by atoms with E-state index < -0.39 is 10.0 Å². The smallest absolute Gasteiger partial charge is 0.232 e. The maximum Gasteiger partial charge on any atom is 0.232 e. The first-order valence-corrected chi connectivity index (χ1v) is 10.4. The maximum atomic E-state index is 12.2. The molecule has 0 radical (unpaired) electrons. The van der Waals surface area contributed by atoms with Gasteiger partial charge in [0.1, 0.15) is 0 Å². The number of aryl methyl sites for hydroxylation is 2. The van der Waals surface area contributed by atoms with Gasteiger partial charge in [0.25, 0.3) is 0 Å². The highest BCUT2D eigenvalue weighted by molar-refractivity contribution is 7.92. The molecular formula is C17H25ClN2O3S. The highest BCUT2D eigenvalue weighted by Crippen LogP contribution is 2.32. The van der Waals surface area contributed by atoms with Crippen LogP contribution in [0.25, 0.3) is 0 Å². The first-order valence-electron chi connectivity index (χ1n) is 8.22. The summed E-state index contributed by atoms with van der Waals surface area (Å²) >= 11 is 6.28. The molecule has 2 rings (SSSR count). The normalized spacial score (nSPS) is 15.5. The lowest BCUT2D eigenvalue weighted by atomic mass is 10.1. The Morgan fingerprint density at radius 2 is 1.92 bits per heavy atom. The second kappa shape index (κ2) is 7.74. The summed E-state index contributed by atoms with van der Waals surface area (Å²) in [6.45, 7) is 3.81. The van der Waals surface area contributed by atoms with Gasteiger partial charge in [-0.25, -0.2) is 8.42 Å². The molecule has 134 valence electrons. The molecule has 1 N–H and O–H groups in total. The van der Waals surface area contributed by atoms with Crippen molar-refractivity contribution < 1.29 is 13.2 Å². The summed E-state index contributed by atoms with van der Waals surface area (Å²) in [4.78, 5) is 12.1. The number of amides is 1. The van der Waals surface area contributed by atoms with Gasteiger partial charge in [-0.1, -0.05) is 30.5 Å². The molecule has 1 saturated carbocycles.